The molecule has 1 fully saturated rings. The number of carbonyl (C=O) groups is 1. The van der Waals surface area contributed by atoms with Crippen LogP contribution in [0.3, 0.4) is 0 Å². The number of aromatic nitrogens is 3. The normalized spacial score (nSPS) is 21.8. The molecule has 1 saturated heterocycles. The number of thiazole rings is 1. The number of fused-ring (bicyclic) bond motifs is 2. The van der Waals surface area contributed by atoms with E-state index >= 15 is 0 Å². The molecule has 7 nitrogen and oxygen atoms in total. The zero-order valence-corrected chi connectivity index (χ0v) is 21.0. The fourth-order valence-electron chi connectivity index (χ4n) is 5.44. The van der Waals surface area contributed by atoms with Gasteiger partial charge in [0.2, 0.25) is 5.91 Å². The van der Waals surface area contributed by atoms with E-state index in [4.69, 9.17) is 9.82 Å². The standard InChI is InChI=1S/C26H26F3N5O2S/c1-16-12-22(26(27,28)29)31-34(16)14-23(35)33-10-7-18(8-11-33)24-30-21(15-37-24)20-13-25(36-32-20)9-6-17-4-2-3-5-19(17)25/h2-5,12-13,15,18,32H,6-11,14H2,1H3. The summed E-state index contributed by atoms with van der Waals surface area (Å²) in [6, 6.07) is 9.32. The first-order chi connectivity index (χ1) is 17.7. The minimum Gasteiger partial charge on any atom is -0.341 e. The van der Waals surface area contributed by atoms with Crippen LogP contribution in [0, 0.1) is 6.92 Å². The van der Waals surface area contributed by atoms with Crippen LogP contribution < -0.4 is 5.48 Å². The van der Waals surface area contributed by atoms with E-state index in [1.807, 2.05) is 11.4 Å². The van der Waals surface area contributed by atoms with Gasteiger partial charge < -0.3 is 4.90 Å². The van der Waals surface area contributed by atoms with E-state index in [1.54, 1.807) is 16.2 Å². The van der Waals surface area contributed by atoms with Crippen molar-refractivity contribution < 1.29 is 22.8 Å². The van der Waals surface area contributed by atoms with Gasteiger partial charge in [0.25, 0.3) is 0 Å². The van der Waals surface area contributed by atoms with Crippen LogP contribution in [0.1, 0.15) is 58.4 Å². The van der Waals surface area contributed by atoms with E-state index in [-0.39, 0.29) is 18.4 Å². The molecule has 0 bridgehead atoms. The second-order valence-electron chi connectivity index (χ2n) is 9.86. The van der Waals surface area contributed by atoms with Crippen LogP contribution in [0.2, 0.25) is 0 Å². The number of rotatable bonds is 4. The van der Waals surface area contributed by atoms with Crippen molar-refractivity contribution in [2.75, 3.05) is 13.1 Å². The summed E-state index contributed by atoms with van der Waals surface area (Å²) in [5, 5.41) is 6.63. The minimum atomic E-state index is -4.53. The number of alkyl halides is 3. The Morgan fingerprint density at radius 1 is 1.27 bits per heavy atom. The second kappa shape index (κ2) is 8.98. The van der Waals surface area contributed by atoms with Gasteiger partial charge >= 0.3 is 6.18 Å². The maximum absolute atomic E-state index is 12.9. The fraction of sp³-hybridized carbons (Fsp3) is 0.423. The fourth-order valence-corrected chi connectivity index (χ4v) is 6.43. The third kappa shape index (κ3) is 4.44. The molecule has 6 rings (SSSR count). The summed E-state index contributed by atoms with van der Waals surface area (Å²) in [5.41, 5.74) is 6.23. The third-order valence-corrected chi connectivity index (χ3v) is 8.52. The van der Waals surface area contributed by atoms with Crippen LogP contribution in [0.4, 0.5) is 13.2 Å². The summed E-state index contributed by atoms with van der Waals surface area (Å²) in [6.45, 7) is 2.40. The molecule has 1 aliphatic carbocycles. The summed E-state index contributed by atoms with van der Waals surface area (Å²) in [5.74, 6) is 0.00737. The molecule has 3 aliphatic rings. The van der Waals surface area contributed by atoms with Crippen molar-refractivity contribution in [3.63, 3.8) is 0 Å². The monoisotopic (exact) mass is 529 g/mol. The van der Waals surface area contributed by atoms with Gasteiger partial charge in [-0.25, -0.2) is 4.98 Å². The number of hydrogen-bond acceptors (Lipinski definition) is 6. The van der Waals surface area contributed by atoms with Crippen molar-refractivity contribution in [3.8, 4) is 0 Å². The van der Waals surface area contributed by atoms with Gasteiger partial charge in [-0.15, -0.1) is 11.3 Å². The molecule has 194 valence electrons. The highest BCUT2D eigenvalue weighted by molar-refractivity contribution is 7.09. The summed E-state index contributed by atoms with van der Waals surface area (Å²) < 4.78 is 39.9. The number of carbonyl (C=O) groups excluding carboxylic acids is 1. The zero-order valence-electron chi connectivity index (χ0n) is 20.2. The average molecular weight is 530 g/mol. The number of hydrogen-bond donors (Lipinski definition) is 1. The second-order valence-corrected chi connectivity index (χ2v) is 10.8. The van der Waals surface area contributed by atoms with Crippen LogP contribution in [-0.4, -0.2) is 38.7 Å². The van der Waals surface area contributed by atoms with Gasteiger partial charge in [-0.05, 0) is 55.9 Å². The zero-order chi connectivity index (χ0) is 25.8. The summed E-state index contributed by atoms with van der Waals surface area (Å²) in [7, 11) is 0. The molecule has 1 spiro atoms. The number of nitrogens with zero attached hydrogens (tertiary/aromatic N) is 4. The van der Waals surface area contributed by atoms with Gasteiger partial charge in [-0.3, -0.25) is 19.8 Å². The van der Waals surface area contributed by atoms with Crippen LogP contribution in [0.15, 0.2) is 41.8 Å². The Labute approximate surface area is 215 Å². The first kappa shape index (κ1) is 24.2. The summed E-state index contributed by atoms with van der Waals surface area (Å²) >= 11 is 1.61. The van der Waals surface area contributed by atoms with Gasteiger partial charge in [0.1, 0.15) is 12.1 Å². The number of piperidine rings is 1. The lowest BCUT2D eigenvalue weighted by Crippen LogP contribution is -2.40. The molecular formula is C26H26F3N5O2S. The van der Waals surface area contributed by atoms with Crippen molar-refractivity contribution in [1.29, 1.82) is 0 Å². The quantitative estimate of drug-likeness (QED) is 0.526. The molecule has 11 heteroatoms. The molecule has 4 heterocycles. The van der Waals surface area contributed by atoms with Crippen LogP contribution >= 0.6 is 11.3 Å². The van der Waals surface area contributed by atoms with Crippen molar-refractivity contribution in [2.45, 2.75) is 56.8 Å². The first-order valence-corrected chi connectivity index (χ1v) is 13.2. The molecule has 1 aromatic carbocycles. The van der Waals surface area contributed by atoms with Gasteiger partial charge in [-0.2, -0.15) is 18.3 Å². The van der Waals surface area contributed by atoms with Gasteiger partial charge in [0.15, 0.2) is 5.69 Å². The molecule has 1 atom stereocenters. The predicted octanol–water partition coefficient (Wildman–Crippen LogP) is 4.79. The topological polar surface area (TPSA) is 72.3 Å². The Hall–Kier alpha value is -3.18. The van der Waals surface area contributed by atoms with Gasteiger partial charge in [0.05, 0.1) is 16.4 Å². The molecule has 2 aromatic heterocycles. The highest BCUT2D eigenvalue weighted by Gasteiger charge is 2.43. The Bertz CT molecular complexity index is 1370. The van der Waals surface area contributed by atoms with Gasteiger partial charge in [-0.1, -0.05) is 24.3 Å². The smallest absolute Gasteiger partial charge is 0.341 e. The number of nitrogens with one attached hydrogen (secondary N) is 1. The Kier molecular flexibility index (Phi) is 5.87. The molecular weight excluding hydrogens is 503 g/mol. The lowest BCUT2D eigenvalue weighted by Gasteiger charge is -2.31. The maximum Gasteiger partial charge on any atom is 0.435 e. The predicted molar refractivity (Wildman–Crippen MR) is 131 cm³/mol. The highest BCUT2D eigenvalue weighted by atomic mass is 32.1. The minimum absolute atomic E-state index is 0.196. The summed E-state index contributed by atoms with van der Waals surface area (Å²) in [4.78, 5) is 25.4. The molecule has 3 aromatic rings. The number of likely N-dealkylation sites (tertiary alicyclic amines) is 1. The number of amides is 1. The van der Waals surface area contributed by atoms with Crippen LogP contribution in [-0.2, 0) is 34.4 Å². The van der Waals surface area contributed by atoms with Crippen LogP contribution in [0.5, 0.6) is 0 Å². The molecule has 0 saturated carbocycles. The first-order valence-electron chi connectivity index (χ1n) is 12.3. The molecule has 37 heavy (non-hydrogen) atoms. The lowest BCUT2D eigenvalue weighted by atomic mass is 9.95. The summed E-state index contributed by atoms with van der Waals surface area (Å²) in [6.07, 6.45) is 0.991. The van der Waals surface area contributed by atoms with E-state index < -0.39 is 17.5 Å². The molecule has 0 radical (unpaired) electrons. The van der Waals surface area contributed by atoms with Crippen molar-refractivity contribution >= 4 is 22.9 Å². The van der Waals surface area contributed by atoms with Gasteiger partial charge in [0, 0.05) is 30.1 Å². The van der Waals surface area contributed by atoms with E-state index in [1.165, 1.54) is 18.1 Å². The molecule has 1 N–H and O–H groups in total. The van der Waals surface area contributed by atoms with E-state index in [0.29, 0.717) is 18.8 Å². The SMILES string of the molecule is Cc1cc(C(F)(F)F)nn1CC(=O)N1CCC(c2nc(C3=CC4(CCc5ccccc54)ON3)cs2)CC1. The lowest BCUT2D eigenvalue weighted by molar-refractivity contribution is -0.142. The number of hydroxylamine groups is 1. The van der Waals surface area contributed by atoms with Crippen molar-refractivity contribution in [1.82, 2.24) is 25.1 Å². The molecule has 1 amide bonds. The third-order valence-electron chi connectivity index (χ3n) is 7.51. The largest absolute Gasteiger partial charge is 0.435 e. The number of benzene rings is 1. The number of halogens is 3. The maximum atomic E-state index is 12.9. The van der Waals surface area contributed by atoms with E-state index in [0.717, 1.165) is 52.8 Å². The Morgan fingerprint density at radius 2 is 2.05 bits per heavy atom. The van der Waals surface area contributed by atoms with E-state index in [9.17, 15) is 18.0 Å². The van der Waals surface area contributed by atoms with Crippen molar-refractivity contribution in [3.05, 3.63) is 75.0 Å². The van der Waals surface area contributed by atoms with E-state index in [2.05, 4.69) is 34.9 Å². The average Bonchev–Trinajstić information content (AvgIpc) is 3.67. The molecule has 2 aliphatic heterocycles. The molecule has 1 unspecified atom stereocenters. The Morgan fingerprint density at radius 3 is 2.81 bits per heavy atom. The highest BCUT2D eigenvalue weighted by Crippen LogP contribution is 2.45. The number of aryl methyl sites for hydroxylation is 2. The van der Waals surface area contributed by atoms with Crippen LogP contribution in [0.25, 0.3) is 5.70 Å². The van der Waals surface area contributed by atoms with Crippen molar-refractivity contribution in [2.24, 2.45) is 0 Å². The Balaban J connectivity index is 1.08.